The van der Waals surface area contributed by atoms with Crippen LogP contribution in [-0.2, 0) is 16.1 Å². The molecule has 1 aliphatic heterocycles. The number of benzene rings is 1. The summed E-state index contributed by atoms with van der Waals surface area (Å²) in [4.78, 5) is 33.3. The number of carbonyl (C=O) groups is 2. The van der Waals surface area contributed by atoms with Crippen LogP contribution in [0.2, 0.25) is 0 Å². The predicted octanol–water partition coefficient (Wildman–Crippen LogP) is 1.95. The van der Waals surface area contributed by atoms with Gasteiger partial charge in [-0.05, 0) is 55.6 Å². The highest BCUT2D eigenvalue weighted by Gasteiger charge is 2.20. The Hall–Kier alpha value is -3.20. The molecule has 1 saturated heterocycles. The average molecular weight is 413 g/mol. The molecule has 0 bridgehead atoms. The SMILES string of the molecule is CNC(=O)COC(=O)NCC1CCN(Cc2cccc(Oc3ncccn3)c2)CC1. The molecule has 0 radical (unpaired) electrons. The number of likely N-dealkylation sites (N-methyl/N-ethyl adjacent to an activating group) is 1. The van der Waals surface area contributed by atoms with Gasteiger partial charge in [-0.15, -0.1) is 0 Å². The van der Waals surface area contributed by atoms with E-state index in [0.717, 1.165) is 38.0 Å². The van der Waals surface area contributed by atoms with Gasteiger partial charge in [0.1, 0.15) is 5.75 Å². The summed E-state index contributed by atoms with van der Waals surface area (Å²) in [5, 5.41) is 5.14. The van der Waals surface area contributed by atoms with Crippen molar-refractivity contribution in [2.45, 2.75) is 19.4 Å². The average Bonchev–Trinajstić information content (AvgIpc) is 2.78. The zero-order valence-electron chi connectivity index (χ0n) is 17.0. The number of rotatable bonds is 8. The molecule has 1 aromatic carbocycles. The van der Waals surface area contributed by atoms with Crippen molar-refractivity contribution in [2.24, 2.45) is 5.92 Å². The number of hydrogen-bond donors (Lipinski definition) is 2. The second-order valence-corrected chi connectivity index (χ2v) is 7.13. The number of likely N-dealkylation sites (tertiary alicyclic amines) is 1. The van der Waals surface area contributed by atoms with Crippen LogP contribution < -0.4 is 15.4 Å². The number of hydrogen-bond acceptors (Lipinski definition) is 7. The lowest BCUT2D eigenvalue weighted by Gasteiger charge is -2.32. The van der Waals surface area contributed by atoms with E-state index < -0.39 is 6.09 Å². The lowest BCUT2D eigenvalue weighted by Crippen LogP contribution is -2.39. The normalized spacial score (nSPS) is 14.7. The standard InChI is InChI=1S/C21H27N5O4/c1-22-19(27)15-29-21(28)25-13-16-6-10-26(11-7-16)14-17-4-2-5-18(12-17)30-20-23-8-3-9-24-20/h2-5,8-9,12,16H,6-7,10-11,13-15H2,1H3,(H,22,27)(H,25,28). The smallest absolute Gasteiger partial charge is 0.407 e. The van der Waals surface area contributed by atoms with E-state index in [2.05, 4.69) is 31.6 Å². The van der Waals surface area contributed by atoms with E-state index in [4.69, 9.17) is 9.47 Å². The first kappa shape index (κ1) is 21.5. The molecule has 3 rings (SSSR count). The molecule has 9 nitrogen and oxygen atoms in total. The van der Waals surface area contributed by atoms with E-state index in [-0.39, 0.29) is 12.5 Å². The third-order valence-corrected chi connectivity index (χ3v) is 4.91. The fraction of sp³-hybridized carbons (Fsp3) is 0.429. The zero-order valence-corrected chi connectivity index (χ0v) is 17.0. The Kier molecular flexibility index (Phi) is 7.96. The molecule has 30 heavy (non-hydrogen) atoms. The highest BCUT2D eigenvalue weighted by molar-refractivity contribution is 5.79. The summed E-state index contributed by atoms with van der Waals surface area (Å²) in [5.74, 6) is 0.788. The van der Waals surface area contributed by atoms with Crippen molar-refractivity contribution in [2.75, 3.05) is 33.3 Å². The third-order valence-electron chi connectivity index (χ3n) is 4.91. The Morgan fingerprint density at radius 3 is 2.67 bits per heavy atom. The van der Waals surface area contributed by atoms with Gasteiger partial charge in [0.15, 0.2) is 6.61 Å². The number of piperidine rings is 1. The second kappa shape index (κ2) is 11.1. The van der Waals surface area contributed by atoms with Crippen molar-refractivity contribution in [1.29, 1.82) is 0 Å². The molecule has 1 aromatic heterocycles. The number of alkyl carbamates (subject to hydrolysis) is 1. The van der Waals surface area contributed by atoms with Crippen molar-refractivity contribution < 1.29 is 19.1 Å². The maximum Gasteiger partial charge on any atom is 0.407 e. The number of nitrogens with one attached hydrogen (secondary N) is 2. The van der Waals surface area contributed by atoms with Crippen LogP contribution in [-0.4, -0.2) is 60.2 Å². The van der Waals surface area contributed by atoms with Gasteiger partial charge in [0, 0.05) is 32.5 Å². The summed E-state index contributed by atoms with van der Waals surface area (Å²) in [6, 6.07) is 10.0. The summed E-state index contributed by atoms with van der Waals surface area (Å²) < 4.78 is 10.5. The Morgan fingerprint density at radius 2 is 1.93 bits per heavy atom. The summed E-state index contributed by atoms with van der Waals surface area (Å²) in [7, 11) is 1.50. The lowest BCUT2D eigenvalue weighted by atomic mass is 9.96. The van der Waals surface area contributed by atoms with Gasteiger partial charge < -0.3 is 20.1 Å². The van der Waals surface area contributed by atoms with Crippen LogP contribution >= 0.6 is 0 Å². The molecule has 0 unspecified atom stereocenters. The number of ether oxygens (including phenoxy) is 2. The van der Waals surface area contributed by atoms with Gasteiger partial charge in [0.05, 0.1) is 0 Å². The molecule has 0 aliphatic carbocycles. The van der Waals surface area contributed by atoms with Crippen LogP contribution in [0, 0.1) is 5.92 Å². The molecule has 1 aliphatic rings. The van der Waals surface area contributed by atoms with Gasteiger partial charge in [-0.2, -0.15) is 0 Å². The fourth-order valence-corrected chi connectivity index (χ4v) is 3.24. The first-order chi connectivity index (χ1) is 14.6. The highest BCUT2D eigenvalue weighted by Crippen LogP contribution is 2.22. The number of carbonyl (C=O) groups excluding carboxylic acids is 2. The van der Waals surface area contributed by atoms with Crippen molar-refractivity contribution in [1.82, 2.24) is 25.5 Å². The molecule has 0 saturated carbocycles. The molecule has 0 spiro atoms. The number of nitrogens with zero attached hydrogens (tertiary/aromatic N) is 3. The highest BCUT2D eigenvalue weighted by atomic mass is 16.6. The molecule has 2 N–H and O–H groups in total. The second-order valence-electron chi connectivity index (χ2n) is 7.13. The topological polar surface area (TPSA) is 106 Å². The van der Waals surface area contributed by atoms with E-state index in [1.54, 1.807) is 18.5 Å². The monoisotopic (exact) mass is 413 g/mol. The maximum absolute atomic E-state index is 11.6. The van der Waals surface area contributed by atoms with Crippen molar-refractivity contribution >= 4 is 12.0 Å². The van der Waals surface area contributed by atoms with Crippen LogP contribution in [0.4, 0.5) is 4.79 Å². The lowest BCUT2D eigenvalue weighted by molar-refractivity contribution is -0.123. The maximum atomic E-state index is 11.6. The molecular formula is C21H27N5O4. The van der Waals surface area contributed by atoms with E-state index >= 15 is 0 Å². The molecular weight excluding hydrogens is 386 g/mol. The molecule has 160 valence electrons. The third kappa shape index (κ3) is 7.00. The Balaban J connectivity index is 1.39. The molecule has 1 fully saturated rings. The molecule has 2 aromatic rings. The van der Waals surface area contributed by atoms with Crippen LogP contribution in [0.5, 0.6) is 11.8 Å². The zero-order chi connectivity index (χ0) is 21.2. The summed E-state index contributed by atoms with van der Waals surface area (Å²) in [5.41, 5.74) is 1.16. The minimum absolute atomic E-state index is 0.264. The molecule has 2 heterocycles. The van der Waals surface area contributed by atoms with Crippen LogP contribution in [0.3, 0.4) is 0 Å². The Labute approximate surface area is 175 Å². The van der Waals surface area contributed by atoms with Gasteiger partial charge in [0.25, 0.3) is 5.91 Å². The summed E-state index contributed by atoms with van der Waals surface area (Å²) >= 11 is 0. The van der Waals surface area contributed by atoms with Gasteiger partial charge in [-0.3, -0.25) is 9.69 Å². The van der Waals surface area contributed by atoms with E-state index in [9.17, 15) is 9.59 Å². The van der Waals surface area contributed by atoms with Gasteiger partial charge in [-0.1, -0.05) is 12.1 Å². The van der Waals surface area contributed by atoms with E-state index in [1.807, 2.05) is 18.2 Å². The van der Waals surface area contributed by atoms with Crippen LogP contribution in [0.15, 0.2) is 42.7 Å². The summed E-state index contributed by atoms with van der Waals surface area (Å²) in [6.45, 7) is 3.03. The van der Waals surface area contributed by atoms with Gasteiger partial charge in [-0.25, -0.2) is 14.8 Å². The molecule has 9 heteroatoms. The van der Waals surface area contributed by atoms with Crippen molar-refractivity contribution in [3.8, 4) is 11.8 Å². The van der Waals surface area contributed by atoms with Gasteiger partial charge >= 0.3 is 12.1 Å². The van der Waals surface area contributed by atoms with Crippen LogP contribution in [0.25, 0.3) is 0 Å². The fourth-order valence-electron chi connectivity index (χ4n) is 3.24. The minimum atomic E-state index is -0.555. The first-order valence-corrected chi connectivity index (χ1v) is 10.00. The molecule has 2 amide bonds. The largest absolute Gasteiger partial charge is 0.439 e. The van der Waals surface area contributed by atoms with Gasteiger partial charge in [0.2, 0.25) is 0 Å². The van der Waals surface area contributed by atoms with Crippen molar-refractivity contribution in [3.63, 3.8) is 0 Å². The molecule has 0 atom stereocenters. The number of amides is 2. The van der Waals surface area contributed by atoms with E-state index in [1.165, 1.54) is 7.05 Å². The van der Waals surface area contributed by atoms with Crippen molar-refractivity contribution in [3.05, 3.63) is 48.3 Å². The minimum Gasteiger partial charge on any atom is -0.439 e. The summed E-state index contributed by atoms with van der Waals surface area (Å²) in [6.07, 6.45) is 4.72. The number of aromatic nitrogens is 2. The Morgan fingerprint density at radius 1 is 1.17 bits per heavy atom. The van der Waals surface area contributed by atoms with E-state index in [0.29, 0.717) is 24.2 Å². The first-order valence-electron chi connectivity index (χ1n) is 10.00. The Bertz CT molecular complexity index is 825. The predicted molar refractivity (Wildman–Crippen MR) is 110 cm³/mol. The quantitative estimate of drug-likeness (QED) is 0.681. The van der Waals surface area contributed by atoms with Crippen LogP contribution in [0.1, 0.15) is 18.4 Å².